The number of hydrogen-bond acceptors (Lipinski definition) is 4. The molecule has 1 saturated heterocycles. The molecule has 5 heteroatoms. The minimum Gasteiger partial charge on any atom is -0.383 e. The molecule has 0 spiro atoms. The van der Waals surface area contributed by atoms with Crippen LogP contribution in [0.25, 0.3) is 0 Å². The van der Waals surface area contributed by atoms with E-state index < -0.39 is 0 Å². The van der Waals surface area contributed by atoms with Crippen molar-refractivity contribution < 1.29 is 9.53 Å². The van der Waals surface area contributed by atoms with Crippen LogP contribution in [0, 0.1) is 0 Å². The molecule has 1 aromatic rings. The predicted molar refractivity (Wildman–Crippen MR) is 74.3 cm³/mol. The van der Waals surface area contributed by atoms with Gasteiger partial charge in [-0.15, -0.1) is 0 Å². The van der Waals surface area contributed by atoms with Crippen molar-refractivity contribution in [1.82, 2.24) is 9.88 Å². The molecule has 0 saturated carbocycles. The zero-order valence-corrected chi connectivity index (χ0v) is 11.6. The average Bonchev–Trinajstić information content (AvgIpc) is 2.47. The van der Waals surface area contributed by atoms with E-state index in [0.717, 1.165) is 38.3 Å². The van der Waals surface area contributed by atoms with Crippen LogP contribution < -0.4 is 5.32 Å². The lowest BCUT2D eigenvalue weighted by Crippen LogP contribution is -2.40. The van der Waals surface area contributed by atoms with Crippen molar-refractivity contribution in [2.45, 2.75) is 25.8 Å². The summed E-state index contributed by atoms with van der Waals surface area (Å²) >= 11 is 0. The van der Waals surface area contributed by atoms with Crippen molar-refractivity contribution in [2.24, 2.45) is 0 Å². The highest BCUT2D eigenvalue weighted by Crippen LogP contribution is 2.19. The van der Waals surface area contributed by atoms with Crippen molar-refractivity contribution in [3.8, 4) is 0 Å². The molecule has 1 amide bonds. The monoisotopic (exact) mass is 263 g/mol. The highest BCUT2D eigenvalue weighted by Gasteiger charge is 2.24. The van der Waals surface area contributed by atoms with Gasteiger partial charge in [-0.3, -0.25) is 9.78 Å². The SMILES string of the molecule is CCNc1cnccc1C(=O)N(C)C1CCOCC1. The first-order chi connectivity index (χ1) is 9.24. The molecule has 0 aliphatic carbocycles. The Morgan fingerprint density at radius 2 is 2.26 bits per heavy atom. The van der Waals surface area contributed by atoms with Gasteiger partial charge in [0.05, 0.1) is 17.4 Å². The standard InChI is InChI=1S/C14H21N3O2/c1-3-16-13-10-15-7-4-12(13)14(18)17(2)11-5-8-19-9-6-11/h4,7,10-11,16H,3,5-6,8-9H2,1-2H3. The summed E-state index contributed by atoms with van der Waals surface area (Å²) in [5.41, 5.74) is 1.49. The molecule has 1 N–H and O–H groups in total. The zero-order valence-electron chi connectivity index (χ0n) is 11.6. The first-order valence-corrected chi connectivity index (χ1v) is 6.76. The smallest absolute Gasteiger partial charge is 0.256 e. The van der Waals surface area contributed by atoms with E-state index in [2.05, 4.69) is 10.3 Å². The number of pyridine rings is 1. The van der Waals surface area contributed by atoms with E-state index in [1.165, 1.54) is 0 Å². The van der Waals surface area contributed by atoms with Gasteiger partial charge in [-0.05, 0) is 25.8 Å². The topological polar surface area (TPSA) is 54.5 Å². The minimum atomic E-state index is 0.0465. The normalized spacial score (nSPS) is 16.1. The number of aromatic nitrogens is 1. The Balaban J connectivity index is 2.13. The summed E-state index contributed by atoms with van der Waals surface area (Å²) in [6.45, 7) is 4.24. The Morgan fingerprint density at radius 1 is 1.53 bits per heavy atom. The molecule has 1 fully saturated rings. The van der Waals surface area contributed by atoms with Crippen molar-refractivity contribution in [3.05, 3.63) is 24.0 Å². The highest BCUT2D eigenvalue weighted by atomic mass is 16.5. The Labute approximate surface area is 114 Å². The van der Waals surface area contributed by atoms with E-state index >= 15 is 0 Å². The molecule has 2 rings (SSSR count). The van der Waals surface area contributed by atoms with Gasteiger partial charge >= 0.3 is 0 Å². The van der Waals surface area contributed by atoms with Gasteiger partial charge in [-0.2, -0.15) is 0 Å². The number of ether oxygens (including phenoxy) is 1. The molecule has 0 bridgehead atoms. The maximum Gasteiger partial charge on any atom is 0.256 e. The Kier molecular flexibility index (Phi) is 4.74. The van der Waals surface area contributed by atoms with E-state index in [1.54, 1.807) is 18.5 Å². The van der Waals surface area contributed by atoms with Crippen LogP contribution >= 0.6 is 0 Å². The van der Waals surface area contributed by atoms with Crippen LogP contribution in [0.5, 0.6) is 0 Å². The van der Waals surface area contributed by atoms with Crippen LogP contribution in [0.4, 0.5) is 5.69 Å². The third-order valence-corrected chi connectivity index (χ3v) is 3.48. The van der Waals surface area contributed by atoms with Crippen molar-refractivity contribution in [2.75, 3.05) is 32.1 Å². The molecule has 104 valence electrons. The van der Waals surface area contributed by atoms with Crippen LogP contribution in [-0.4, -0.2) is 48.6 Å². The number of hydrogen-bond donors (Lipinski definition) is 1. The maximum atomic E-state index is 12.6. The average molecular weight is 263 g/mol. The molecule has 19 heavy (non-hydrogen) atoms. The molecule has 0 unspecified atom stereocenters. The number of anilines is 1. The van der Waals surface area contributed by atoms with E-state index in [-0.39, 0.29) is 11.9 Å². The number of carbonyl (C=O) groups is 1. The predicted octanol–water partition coefficient (Wildman–Crippen LogP) is 1.76. The van der Waals surface area contributed by atoms with Gasteiger partial charge in [0, 0.05) is 39.0 Å². The van der Waals surface area contributed by atoms with Gasteiger partial charge in [-0.25, -0.2) is 0 Å². The van der Waals surface area contributed by atoms with E-state index in [0.29, 0.717) is 5.56 Å². The van der Waals surface area contributed by atoms with Crippen LogP contribution in [0.15, 0.2) is 18.5 Å². The first-order valence-electron chi connectivity index (χ1n) is 6.76. The number of nitrogens with zero attached hydrogens (tertiary/aromatic N) is 2. The molecule has 5 nitrogen and oxygen atoms in total. The van der Waals surface area contributed by atoms with Crippen LogP contribution in [0.3, 0.4) is 0 Å². The van der Waals surface area contributed by atoms with Crippen LogP contribution in [-0.2, 0) is 4.74 Å². The second-order valence-corrected chi connectivity index (χ2v) is 4.71. The van der Waals surface area contributed by atoms with Gasteiger partial charge in [0.2, 0.25) is 0 Å². The highest BCUT2D eigenvalue weighted by molar-refractivity contribution is 5.99. The summed E-state index contributed by atoms with van der Waals surface area (Å²) in [5.74, 6) is 0.0465. The number of rotatable bonds is 4. The maximum absolute atomic E-state index is 12.6. The van der Waals surface area contributed by atoms with Gasteiger partial charge in [0.25, 0.3) is 5.91 Å². The fourth-order valence-electron chi connectivity index (χ4n) is 2.34. The number of nitrogens with one attached hydrogen (secondary N) is 1. The minimum absolute atomic E-state index is 0.0465. The van der Waals surface area contributed by atoms with Gasteiger partial charge < -0.3 is 15.0 Å². The van der Waals surface area contributed by atoms with Crippen molar-refractivity contribution in [3.63, 3.8) is 0 Å². The molecule has 0 atom stereocenters. The Hall–Kier alpha value is -1.62. The third kappa shape index (κ3) is 3.23. The van der Waals surface area contributed by atoms with Crippen LogP contribution in [0.1, 0.15) is 30.1 Å². The summed E-state index contributed by atoms with van der Waals surface area (Å²) in [5, 5.41) is 3.18. The van der Waals surface area contributed by atoms with E-state index in [1.807, 2.05) is 18.9 Å². The van der Waals surface area contributed by atoms with E-state index in [4.69, 9.17) is 4.74 Å². The Morgan fingerprint density at radius 3 is 2.95 bits per heavy atom. The molecule has 2 heterocycles. The van der Waals surface area contributed by atoms with E-state index in [9.17, 15) is 4.79 Å². The number of carbonyl (C=O) groups excluding carboxylic acids is 1. The third-order valence-electron chi connectivity index (χ3n) is 3.48. The fourth-order valence-corrected chi connectivity index (χ4v) is 2.34. The van der Waals surface area contributed by atoms with Gasteiger partial charge in [-0.1, -0.05) is 0 Å². The lowest BCUT2D eigenvalue weighted by atomic mass is 10.1. The second-order valence-electron chi connectivity index (χ2n) is 4.71. The quantitative estimate of drug-likeness (QED) is 0.899. The van der Waals surface area contributed by atoms with Crippen molar-refractivity contribution in [1.29, 1.82) is 0 Å². The lowest BCUT2D eigenvalue weighted by molar-refractivity contribution is 0.0362. The summed E-state index contributed by atoms with van der Waals surface area (Å²) in [6, 6.07) is 2.04. The second kappa shape index (κ2) is 6.52. The molecule has 1 aliphatic rings. The van der Waals surface area contributed by atoms with Gasteiger partial charge in [0.15, 0.2) is 0 Å². The molecule has 0 radical (unpaired) electrons. The molecular weight excluding hydrogens is 242 g/mol. The largest absolute Gasteiger partial charge is 0.383 e. The molecular formula is C14H21N3O2. The molecule has 1 aliphatic heterocycles. The molecule has 0 aromatic carbocycles. The number of amides is 1. The van der Waals surface area contributed by atoms with Gasteiger partial charge in [0.1, 0.15) is 0 Å². The summed E-state index contributed by atoms with van der Waals surface area (Å²) in [6.07, 6.45) is 5.17. The van der Waals surface area contributed by atoms with Crippen LogP contribution in [0.2, 0.25) is 0 Å². The summed E-state index contributed by atoms with van der Waals surface area (Å²) in [4.78, 5) is 18.5. The molecule has 1 aromatic heterocycles. The lowest BCUT2D eigenvalue weighted by Gasteiger charge is -2.31. The first kappa shape index (κ1) is 13.8. The zero-order chi connectivity index (χ0) is 13.7. The summed E-state index contributed by atoms with van der Waals surface area (Å²) < 4.78 is 5.34. The fraction of sp³-hybridized carbons (Fsp3) is 0.571. The summed E-state index contributed by atoms with van der Waals surface area (Å²) in [7, 11) is 1.87. The Bertz CT molecular complexity index is 430. The van der Waals surface area contributed by atoms with Crippen molar-refractivity contribution >= 4 is 11.6 Å².